The van der Waals surface area contributed by atoms with Gasteiger partial charge in [-0.2, -0.15) is 0 Å². The topological polar surface area (TPSA) is 89.8 Å². The van der Waals surface area contributed by atoms with Gasteiger partial charge in [0.1, 0.15) is 6.10 Å². The number of aliphatic hydroxyl groups is 3. The third-order valence-corrected chi connectivity index (χ3v) is 11.2. The molecule has 0 saturated carbocycles. The van der Waals surface area contributed by atoms with Crippen LogP contribution in [-0.4, -0.2) is 46.1 Å². The summed E-state index contributed by atoms with van der Waals surface area (Å²) in [7, 11) is 0. The number of carbonyl (C=O) groups is 1. The second-order valence-corrected chi connectivity index (χ2v) is 16.7. The summed E-state index contributed by atoms with van der Waals surface area (Å²) in [5, 5.41) is 33.2. The molecule has 0 aromatic carbocycles. The van der Waals surface area contributed by atoms with Crippen LogP contribution in [0.5, 0.6) is 0 Å². The monoisotopic (exact) mass is 786 g/mol. The Morgan fingerprint density at radius 2 is 0.786 bits per heavy atom. The molecule has 0 heterocycles. The lowest BCUT2D eigenvalue weighted by Gasteiger charge is -2.21. The standard InChI is InChI=1S/C51H95NO4/c1-3-5-7-9-11-13-15-17-19-21-23-24-25-26-27-28-30-31-33-35-37-39-41-43-45-49(54)48(47-53)52-51(56)50(55)46-44-42-40-38-36-34-32-29-22-20-18-16-14-12-10-8-6-4-2/h12,14,16,18,35,37,43,45,48-50,53-55H,3-11,13,15,17,19-34,36,38-42,44,46-47H2,1-2H3,(H,52,56)/b14-12-,18-16-,37-35+,45-43+. The third-order valence-electron chi connectivity index (χ3n) is 11.2. The molecule has 56 heavy (non-hydrogen) atoms. The molecule has 0 aromatic heterocycles. The van der Waals surface area contributed by atoms with Crippen LogP contribution in [0.2, 0.25) is 0 Å². The van der Waals surface area contributed by atoms with E-state index in [0.717, 1.165) is 38.5 Å². The van der Waals surface area contributed by atoms with E-state index in [2.05, 4.69) is 55.6 Å². The molecule has 0 aliphatic heterocycles. The zero-order valence-electron chi connectivity index (χ0n) is 37.3. The Morgan fingerprint density at radius 3 is 1.23 bits per heavy atom. The van der Waals surface area contributed by atoms with Gasteiger partial charge in [-0.25, -0.2) is 0 Å². The molecule has 0 aliphatic rings. The van der Waals surface area contributed by atoms with Crippen molar-refractivity contribution in [2.24, 2.45) is 0 Å². The van der Waals surface area contributed by atoms with Gasteiger partial charge in [-0.1, -0.05) is 236 Å². The van der Waals surface area contributed by atoms with Crippen molar-refractivity contribution < 1.29 is 20.1 Å². The quantitative estimate of drug-likeness (QED) is 0.0281. The maximum atomic E-state index is 12.5. The summed E-state index contributed by atoms with van der Waals surface area (Å²) in [4.78, 5) is 12.5. The zero-order chi connectivity index (χ0) is 40.8. The smallest absolute Gasteiger partial charge is 0.249 e. The number of allylic oxidation sites excluding steroid dienone is 7. The average molecular weight is 786 g/mol. The number of carbonyl (C=O) groups excluding carboxylic acids is 1. The first-order valence-corrected chi connectivity index (χ1v) is 24.5. The molecule has 0 aliphatic carbocycles. The van der Waals surface area contributed by atoms with Crippen molar-refractivity contribution in [2.75, 3.05) is 6.61 Å². The fraction of sp³-hybridized carbons (Fsp3) is 0.824. The highest BCUT2D eigenvalue weighted by Crippen LogP contribution is 2.16. The fourth-order valence-corrected chi connectivity index (χ4v) is 7.31. The molecule has 1 amide bonds. The van der Waals surface area contributed by atoms with E-state index in [9.17, 15) is 20.1 Å². The van der Waals surface area contributed by atoms with Crippen LogP contribution in [0, 0.1) is 0 Å². The van der Waals surface area contributed by atoms with E-state index < -0.39 is 24.2 Å². The van der Waals surface area contributed by atoms with Crippen LogP contribution in [-0.2, 0) is 4.79 Å². The number of hydrogen-bond donors (Lipinski definition) is 4. The van der Waals surface area contributed by atoms with Crippen molar-refractivity contribution in [1.82, 2.24) is 5.32 Å². The van der Waals surface area contributed by atoms with Crippen LogP contribution >= 0.6 is 0 Å². The van der Waals surface area contributed by atoms with E-state index in [1.165, 1.54) is 186 Å². The van der Waals surface area contributed by atoms with Crippen LogP contribution in [0.4, 0.5) is 0 Å². The number of amides is 1. The van der Waals surface area contributed by atoms with Gasteiger partial charge in [0, 0.05) is 0 Å². The Morgan fingerprint density at radius 1 is 0.446 bits per heavy atom. The maximum absolute atomic E-state index is 12.5. The maximum Gasteiger partial charge on any atom is 0.249 e. The average Bonchev–Trinajstić information content (AvgIpc) is 3.20. The van der Waals surface area contributed by atoms with Crippen LogP contribution in [0.1, 0.15) is 245 Å². The highest BCUT2D eigenvalue weighted by molar-refractivity contribution is 5.80. The van der Waals surface area contributed by atoms with Gasteiger partial charge in [-0.3, -0.25) is 4.79 Å². The number of rotatable bonds is 44. The fourth-order valence-electron chi connectivity index (χ4n) is 7.31. The molecule has 0 fully saturated rings. The largest absolute Gasteiger partial charge is 0.394 e. The predicted octanol–water partition coefficient (Wildman–Crippen LogP) is 14.5. The van der Waals surface area contributed by atoms with Gasteiger partial charge >= 0.3 is 0 Å². The Kier molecular flexibility index (Phi) is 44.6. The molecule has 0 radical (unpaired) electrons. The summed E-state index contributed by atoms with van der Waals surface area (Å²) in [6, 6.07) is -0.818. The van der Waals surface area contributed by atoms with Crippen LogP contribution in [0.15, 0.2) is 48.6 Å². The van der Waals surface area contributed by atoms with Gasteiger partial charge in [0.15, 0.2) is 0 Å². The lowest BCUT2D eigenvalue weighted by Crippen LogP contribution is -2.48. The predicted molar refractivity (Wildman–Crippen MR) is 245 cm³/mol. The molecule has 0 bridgehead atoms. The van der Waals surface area contributed by atoms with E-state index in [1.54, 1.807) is 6.08 Å². The van der Waals surface area contributed by atoms with Gasteiger partial charge in [0.25, 0.3) is 0 Å². The van der Waals surface area contributed by atoms with Gasteiger partial charge in [-0.05, 0) is 57.8 Å². The van der Waals surface area contributed by atoms with E-state index in [-0.39, 0.29) is 6.61 Å². The summed E-state index contributed by atoms with van der Waals surface area (Å²) in [6.45, 7) is 4.15. The van der Waals surface area contributed by atoms with Crippen LogP contribution in [0.3, 0.4) is 0 Å². The minimum Gasteiger partial charge on any atom is -0.394 e. The number of nitrogens with one attached hydrogen (secondary N) is 1. The summed E-state index contributed by atoms with van der Waals surface area (Å²) in [5.74, 6) is -0.517. The highest BCUT2D eigenvalue weighted by Gasteiger charge is 2.22. The summed E-state index contributed by atoms with van der Waals surface area (Å²) in [5.41, 5.74) is 0. The van der Waals surface area contributed by atoms with Crippen molar-refractivity contribution in [2.45, 2.75) is 263 Å². The van der Waals surface area contributed by atoms with Crippen molar-refractivity contribution in [3.63, 3.8) is 0 Å². The van der Waals surface area contributed by atoms with E-state index >= 15 is 0 Å². The first kappa shape index (κ1) is 54.3. The van der Waals surface area contributed by atoms with E-state index in [0.29, 0.717) is 6.42 Å². The summed E-state index contributed by atoms with van der Waals surface area (Å²) >= 11 is 0. The number of hydrogen-bond acceptors (Lipinski definition) is 4. The molecule has 5 heteroatoms. The molecule has 3 unspecified atom stereocenters. The molecule has 0 saturated heterocycles. The number of aliphatic hydroxyl groups excluding tert-OH is 3. The van der Waals surface area contributed by atoms with Crippen LogP contribution in [0.25, 0.3) is 0 Å². The minimum atomic E-state index is -1.11. The Labute approximate surface area is 348 Å². The molecule has 0 rings (SSSR count). The molecule has 328 valence electrons. The Bertz CT molecular complexity index is 912. The molecule has 4 N–H and O–H groups in total. The highest BCUT2D eigenvalue weighted by atomic mass is 16.3. The van der Waals surface area contributed by atoms with Crippen molar-refractivity contribution >= 4 is 5.91 Å². The summed E-state index contributed by atoms with van der Waals surface area (Å²) < 4.78 is 0. The molecule has 0 aromatic rings. The first-order valence-electron chi connectivity index (χ1n) is 24.5. The van der Waals surface area contributed by atoms with Crippen molar-refractivity contribution in [3.05, 3.63) is 48.6 Å². The molecule has 0 spiro atoms. The molecular weight excluding hydrogens is 691 g/mol. The van der Waals surface area contributed by atoms with Crippen LogP contribution < -0.4 is 5.32 Å². The lowest BCUT2D eigenvalue weighted by atomic mass is 10.0. The normalized spacial score (nSPS) is 13.9. The van der Waals surface area contributed by atoms with E-state index in [4.69, 9.17) is 0 Å². The Hall–Kier alpha value is -1.69. The third kappa shape index (κ3) is 40.5. The second kappa shape index (κ2) is 46.0. The minimum absolute atomic E-state index is 0.378. The first-order chi connectivity index (χ1) is 27.6. The van der Waals surface area contributed by atoms with Gasteiger partial charge in [-0.15, -0.1) is 0 Å². The van der Waals surface area contributed by atoms with Gasteiger partial charge < -0.3 is 20.6 Å². The van der Waals surface area contributed by atoms with E-state index in [1.807, 2.05) is 6.08 Å². The zero-order valence-corrected chi connectivity index (χ0v) is 37.3. The van der Waals surface area contributed by atoms with Crippen molar-refractivity contribution in [3.8, 4) is 0 Å². The second-order valence-electron chi connectivity index (χ2n) is 16.7. The van der Waals surface area contributed by atoms with Crippen molar-refractivity contribution in [1.29, 1.82) is 0 Å². The molecular formula is C51H95NO4. The summed E-state index contributed by atoms with van der Waals surface area (Å²) in [6.07, 6.45) is 60.2. The van der Waals surface area contributed by atoms with Gasteiger partial charge in [0.05, 0.1) is 18.8 Å². The molecule has 3 atom stereocenters. The SMILES string of the molecule is CCCCC/C=C\C=C/CCCCCCCCCCCC(O)C(=O)NC(CO)C(O)/C=C/CC/C=C/CCCCCCCCCCCCCCCCCCCC. The Balaban J connectivity index is 3.68. The number of unbranched alkanes of at least 4 members (excludes halogenated alkanes) is 31. The van der Waals surface area contributed by atoms with Gasteiger partial charge in [0.2, 0.25) is 5.91 Å². The molecule has 5 nitrogen and oxygen atoms in total. The lowest BCUT2D eigenvalue weighted by molar-refractivity contribution is -0.131.